The zero-order chi connectivity index (χ0) is 15.1. The zero-order valence-corrected chi connectivity index (χ0v) is 13.4. The number of benzene rings is 1. The molecule has 7 heteroatoms. The minimum absolute atomic E-state index is 0.229. The largest absolute Gasteiger partial charge is 0.296 e. The quantitative estimate of drug-likeness (QED) is 0.783. The molecule has 0 bridgehead atoms. The second-order valence-corrected chi connectivity index (χ2v) is 7.01. The van der Waals surface area contributed by atoms with Gasteiger partial charge in [0.05, 0.1) is 5.69 Å². The van der Waals surface area contributed by atoms with Crippen LogP contribution in [-0.2, 0) is 12.8 Å². The van der Waals surface area contributed by atoms with Gasteiger partial charge in [-0.1, -0.05) is 18.2 Å². The van der Waals surface area contributed by atoms with Crippen LogP contribution in [-0.4, -0.2) is 20.7 Å². The number of carbonyl (C=O) groups excluding carboxylic acids is 1. The van der Waals surface area contributed by atoms with Crippen LogP contribution in [0.5, 0.6) is 0 Å². The van der Waals surface area contributed by atoms with Gasteiger partial charge < -0.3 is 0 Å². The molecule has 1 amide bonds. The molecule has 0 unspecified atom stereocenters. The standard InChI is InChI=1S/C15H12N4OS2/c1-19-7-6-10(18-19)14(20)17-15-16-13-9-4-2-3-5-11(9)21-8-12(13)22-15/h2-7H,8H2,1H3,(H,16,17,20). The van der Waals surface area contributed by atoms with Crippen LogP contribution in [0.1, 0.15) is 15.4 Å². The van der Waals surface area contributed by atoms with Crippen LogP contribution in [0.2, 0.25) is 0 Å². The summed E-state index contributed by atoms with van der Waals surface area (Å²) in [6.07, 6.45) is 1.74. The van der Waals surface area contributed by atoms with Gasteiger partial charge >= 0.3 is 0 Å². The minimum atomic E-state index is -0.229. The number of thioether (sulfide) groups is 1. The van der Waals surface area contributed by atoms with Crippen molar-refractivity contribution in [2.24, 2.45) is 7.05 Å². The predicted octanol–water partition coefficient (Wildman–Crippen LogP) is 3.40. The van der Waals surface area contributed by atoms with Crippen LogP contribution < -0.4 is 5.32 Å². The fourth-order valence-corrected chi connectivity index (χ4v) is 4.44. The third-order valence-corrected chi connectivity index (χ3v) is 5.62. The summed E-state index contributed by atoms with van der Waals surface area (Å²) in [5.74, 6) is 0.663. The molecule has 1 aliphatic rings. The molecule has 3 heterocycles. The molecule has 0 fully saturated rings. The molecule has 0 radical (unpaired) electrons. The highest BCUT2D eigenvalue weighted by Gasteiger charge is 2.22. The molecule has 1 N–H and O–H groups in total. The molecule has 22 heavy (non-hydrogen) atoms. The van der Waals surface area contributed by atoms with Crippen molar-refractivity contribution in [1.29, 1.82) is 0 Å². The lowest BCUT2D eigenvalue weighted by Gasteiger charge is -2.13. The van der Waals surface area contributed by atoms with E-state index >= 15 is 0 Å². The summed E-state index contributed by atoms with van der Waals surface area (Å²) < 4.78 is 1.61. The number of nitrogens with zero attached hydrogens (tertiary/aromatic N) is 3. The van der Waals surface area contributed by atoms with Gasteiger partial charge in [0, 0.05) is 34.3 Å². The summed E-state index contributed by atoms with van der Waals surface area (Å²) in [5, 5.41) is 7.57. The molecular weight excluding hydrogens is 316 g/mol. The van der Waals surface area contributed by atoms with E-state index < -0.39 is 0 Å². The van der Waals surface area contributed by atoms with E-state index in [9.17, 15) is 4.79 Å². The monoisotopic (exact) mass is 328 g/mol. The Bertz CT molecular complexity index is 868. The van der Waals surface area contributed by atoms with Crippen molar-refractivity contribution in [2.75, 3.05) is 5.32 Å². The maximum atomic E-state index is 12.2. The molecule has 0 saturated heterocycles. The van der Waals surface area contributed by atoms with Gasteiger partial charge in [-0.2, -0.15) is 5.10 Å². The third kappa shape index (κ3) is 2.32. The second-order valence-electron chi connectivity index (χ2n) is 4.90. The number of carbonyl (C=O) groups is 1. The van der Waals surface area contributed by atoms with Crippen molar-refractivity contribution < 1.29 is 4.79 Å². The van der Waals surface area contributed by atoms with E-state index in [2.05, 4.69) is 27.5 Å². The summed E-state index contributed by atoms with van der Waals surface area (Å²) in [6, 6.07) is 9.92. The van der Waals surface area contributed by atoms with E-state index in [-0.39, 0.29) is 5.91 Å². The van der Waals surface area contributed by atoms with Crippen molar-refractivity contribution in [1.82, 2.24) is 14.8 Å². The summed E-state index contributed by atoms with van der Waals surface area (Å²) in [7, 11) is 1.78. The molecule has 0 spiro atoms. The highest BCUT2D eigenvalue weighted by Crippen LogP contribution is 2.44. The first-order chi connectivity index (χ1) is 10.7. The molecule has 5 nitrogen and oxygen atoms in total. The summed E-state index contributed by atoms with van der Waals surface area (Å²) in [4.78, 5) is 19.2. The fourth-order valence-electron chi connectivity index (χ4n) is 2.34. The molecule has 2 aromatic heterocycles. The Kier molecular flexibility index (Phi) is 3.24. The van der Waals surface area contributed by atoms with Gasteiger partial charge in [-0.25, -0.2) is 4.98 Å². The summed E-state index contributed by atoms with van der Waals surface area (Å²) in [5.41, 5.74) is 2.52. The lowest BCUT2D eigenvalue weighted by Crippen LogP contribution is -2.12. The van der Waals surface area contributed by atoms with Crippen molar-refractivity contribution in [3.05, 3.63) is 47.1 Å². The fraction of sp³-hybridized carbons (Fsp3) is 0.133. The summed E-state index contributed by atoms with van der Waals surface area (Å²) in [6.45, 7) is 0. The molecule has 0 saturated carbocycles. The van der Waals surface area contributed by atoms with E-state index in [4.69, 9.17) is 0 Å². The van der Waals surface area contributed by atoms with Crippen molar-refractivity contribution in [3.8, 4) is 11.3 Å². The Balaban J connectivity index is 1.64. The first-order valence-electron chi connectivity index (χ1n) is 6.73. The lowest BCUT2D eigenvalue weighted by molar-refractivity contribution is 0.102. The Morgan fingerprint density at radius 3 is 3.00 bits per heavy atom. The van der Waals surface area contributed by atoms with Crippen LogP contribution >= 0.6 is 23.1 Å². The second kappa shape index (κ2) is 5.26. The Hall–Kier alpha value is -2.12. The Morgan fingerprint density at radius 1 is 1.32 bits per heavy atom. The molecule has 3 aromatic rings. The molecule has 0 atom stereocenters. The summed E-state index contributed by atoms with van der Waals surface area (Å²) >= 11 is 3.34. The highest BCUT2D eigenvalue weighted by molar-refractivity contribution is 7.98. The van der Waals surface area contributed by atoms with Crippen LogP contribution in [0.4, 0.5) is 5.13 Å². The zero-order valence-electron chi connectivity index (χ0n) is 11.7. The number of hydrogen-bond acceptors (Lipinski definition) is 5. The lowest BCUT2D eigenvalue weighted by atomic mass is 10.1. The average Bonchev–Trinajstić information content (AvgIpc) is 3.13. The number of amides is 1. The normalized spacial score (nSPS) is 12.6. The molecule has 110 valence electrons. The van der Waals surface area contributed by atoms with Gasteiger partial charge in [-0.15, -0.1) is 23.1 Å². The number of aryl methyl sites for hydroxylation is 1. The van der Waals surface area contributed by atoms with Gasteiger partial charge in [0.1, 0.15) is 0 Å². The number of thiazole rings is 1. The highest BCUT2D eigenvalue weighted by atomic mass is 32.2. The number of nitrogens with one attached hydrogen (secondary N) is 1. The van der Waals surface area contributed by atoms with Crippen molar-refractivity contribution >= 4 is 34.1 Å². The van der Waals surface area contributed by atoms with E-state index in [1.54, 1.807) is 35.8 Å². The molecular formula is C15H12N4OS2. The first-order valence-corrected chi connectivity index (χ1v) is 8.54. The molecule has 4 rings (SSSR count). The van der Waals surface area contributed by atoms with E-state index in [1.165, 1.54) is 21.1 Å². The average molecular weight is 328 g/mol. The van der Waals surface area contributed by atoms with Crippen LogP contribution in [0.15, 0.2) is 41.4 Å². The first kappa shape index (κ1) is 13.5. The van der Waals surface area contributed by atoms with Crippen molar-refractivity contribution in [2.45, 2.75) is 10.6 Å². The molecule has 1 aliphatic heterocycles. The van der Waals surface area contributed by atoms with Crippen LogP contribution in [0.25, 0.3) is 11.3 Å². The predicted molar refractivity (Wildman–Crippen MR) is 88.3 cm³/mol. The molecule has 1 aromatic carbocycles. The SMILES string of the molecule is Cn1ccc(C(=O)Nc2nc3c(s2)CSc2ccccc2-3)n1. The van der Waals surface area contributed by atoms with Crippen molar-refractivity contribution in [3.63, 3.8) is 0 Å². The number of fused-ring (bicyclic) bond motifs is 3. The van der Waals surface area contributed by atoms with E-state index in [0.717, 1.165) is 17.0 Å². The van der Waals surface area contributed by atoms with E-state index in [0.29, 0.717) is 10.8 Å². The van der Waals surface area contributed by atoms with Crippen LogP contribution in [0, 0.1) is 0 Å². The minimum Gasteiger partial charge on any atom is -0.296 e. The maximum absolute atomic E-state index is 12.2. The number of anilines is 1. The van der Waals surface area contributed by atoms with Crippen LogP contribution in [0.3, 0.4) is 0 Å². The Labute approximate surface area is 135 Å². The maximum Gasteiger partial charge on any atom is 0.277 e. The van der Waals surface area contributed by atoms with Gasteiger partial charge in [0.25, 0.3) is 5.91 Å². The van der Waals surface area contributed by atoms with Gasteiger partial charge in [0.2, 0.25) is 0 Å². The van der Waals surface area contributed by atoms with Gasteiger partial charge in [0.15, 0.2) is 10.8 Å². The number of rotatable bonds is 2. The van der Waals surface area contributed by atoms with E-state index in [1.807, 2.05) is 12.1 Å². The smallest absolute Gasteiger partial charge is 0.277 e. The number of aromatic nitrogens is 3. The van der Waals surface area contributed by atoms with Gasteiger partial charge in [-0.05, 0) is 12.1 Å². The Morgan fingerprint density at radius 2 is 2.18 bits per heavy atom. The van der Waals surface area contributed by atoms with Gasteiger partial charge in [-0.3, -0.25) is 14.8 Å². The topological polar surface area (TPSA) is 59.8 Å². The third-order valence-electron chi connectivity index (χ3n) is 3.37. The number of hydrogen-bond donors (Lipinski definition) is 1. The molecule has 0 aliphatic carbocycles.